The van der Waals surface area contributed by atoms with E-state index >= 15 is 0 Å². The second kappa shape index (κ2) is 3.42. The molecule has 0 unspecified atom stereocenters. The Balaban J connectivity index is 2.66. The molecule has 0 aliphatic heterocycles. The van der Waals surface area contributed by atoms with E-state index in [0.29, 0.717) is 5.92 Å². The van der Waals surface area contributed by atoms with Gasteiger partial charge in [0, 0.05) is 0 Å². The molecule has 0 amide bonds. The molecule has 1 aliphatic carbocycles. The monoisotopic (exact) mass is 188 g/mol. The number of hydrogen-bond donors (Lipinski definition) is 0. The van der Waals surface area contributed by atoms with Gasteiger partial charge in [0.05, 0.1) is 0 Å². The molecule has 14 heavy (non-hydrogen) atoms. The molecule has 0 bridgehead atoms. The molecule has 0 heterocycles. The number of aryl methyl sites for hydroxylation is 2. The first-order valence-electron chi connectivity index (χ1n) is 5.73. The smallest absolute Gasteiger partial charge is 0.0213 e. The van der Waals surface area contributed by atoms with Gasteiger partial charge < -0.3 is 0 Å². The fraction of sp³-hybridized carbons (Fsp3) is 0.571. The van der Waals surface area contributed by atoms with Crippen LogP contribution in [0.4, 0.5) is 0 Å². The molecular weight excluding hydrogens is 168 g/mol. The zero-order chi connectivity index (χ0) is 10.3. The van der Waals surface area contributed by atoms with E-state index < -0.39 is 0 Å². The summed E-state index contributed by atoms with van der Waals surface area (Å²) in [5, 5.41) is 0. The van der Waals surface area contributed by atoms with Crippen LogP contribution in [0.25, 0.3) is 0 Å². The number of hydrogen-bond acceptors (Lipinski definition) is 0. The van der Waals surface area contributed by atoms with Crippen LogP contribution in [-0.2, 0) is 12.8 Å². The van der Waals surface area contributed by atoms with Gasteiger partial charge in [-0.05, 0) is 66.8 Å². The zero-order valence-corrected chi connectivity index (χ0v) is 9.78. The van der Waals surface area contributed by atoms with Crippen molar-refractivity contribution in [3.63, 3.8) is 0 Å². The summed E-state index contributed by atoms with van der Waals surface area (Å²) in [6, 6.07) is 2.37. The Morgan fingerprint density at radius 2 is 1.64 bits per heavy atom. The molecule has 1 aromatic rings. The second-order valence-electron chi connectivity index (χ2n) is 4.89. The fourth-order valence-electron chi connectivity index (χ4n) is 3.01. The summed E-state index contributed by atoms with van der Waals surface area (Å²) >= 11 is 0. The van der Waals surface area contributed by atoms with Crippen LogP contribution in [0.5, 0.6) is 0 Å². The van der Waals surface area contributed by atoms with E-state index in [1.807, 2.05) is 0 Å². The number of fused-ring (bicyclic) bond motifs is 1. The van der Waals surface area contributed by atoms with E-state index in [-0.39, 0.29) is 0 Å². The van der Waals surface area contributed by atoms with Gasteiger partial charge >= 0.3 is 0 Å². The Kier molecular flexibility index (Phi) is 2.38. The highest BCUT2D eigenvalue weighted by molar-refractivity contribution is 5.48. The van der Waals surface area contributed by atoms with Gasteiger partial charge in [-0.25, -0.2) is 0 Å². The third-order valence-electron chi connectivity index (χ3n) is 3.45. The molecule has 0 spiro atoms. The van der Waals surface area contributed by atoms with Gasteiger partial charge in [0.1, 0.15) is 0 Å². The number of benzene rings is 1. The van der Waals surface area contributed by atoms with Crippen molar-refractivity contribution in [2.45, 2.75) is 52.9 Å². The summed E-state index contributed by atoms with van der Waals surface area (Å²) in [7, 11) is 0. The van der Waals surface area contributed by atoms with Crippen molar-refractivity contribution in [2.75, 3.05) is 0 Å². The van der Waals surface area contributed by atoms with Crippen LogP contribution in [0.1, 0.15) is 54.0 Å². The summed E-state index contributed by atoms with van der Waals surface area (Å²) in [6.07, 6.45) is 3.98. The van der Waals surface area contributed by atoms with E-state index in [4.69, 9.17) is 0 Å². The lowest BCUT2D eigenvalue weighted by molar-refractivity contribution is 0.829. The Hall–Kier alpha value is -0.780. The summed E-state index contributed by atoms with van der Waals surface area (Å²) < 4.78 is 0. The van der Waals surface area contributed by atoms with E-state index in [0.717, 1.165) is 0 Å². The molecule has 76 valence electrons. The average molecular weight is 188 g/mol. The maximum atomic E-state index is 2.37. The first-order valence-corrected chi connectivity index (χ1v) is 5.73. The van der Waals surface area contributed by atoms with Crippen molar-refractivity contribution in [1.29, 1.82) is 0 Å². The van der Waals surface area contributed by atoms with Crippen molar-refractivity contribution in [3.8, 4) is 0 Å². The molecule has 0 heteroatoms. The lowest BCUT2D eigenvalue weighted by atomic mass is 9.88. The van der Waals surface area contributed by atoms with E-state index in [2.05, 4.69) is 33.8 Å². The summed E-state index contributed by atoms with van der Waals surface area (Å²) in [5.41, 5.74) is 7.97. The molecule has 0 saturated carbocycles. The molecule has 0 fully saturated rings. The van der Waals surface area contributed by atoms with Crippen molar-refractivity contribution in [1.82, 2.24) is 0 Å². The van der Waals surface area contributed by atoms with Crippen LogP contribution >= 0.6 is 0 Å². The minimum atomic E-state index is 0.683. The topological polar surface area (TPSA) is 0 Å². The van der Waals surface area contributed by atoms with Crippen molar-refractivity contribution in [3.05, 3.63) is 33.9 Å². The minimum absolute atomic E-state index is 0.683. The Labute approximate surface area is 87.3 Å². The Morgan fingerprint density at radius 3 is 2.29 bits per heavy atom. The minimum Gasteiger partial charge on any atom is -0.0587 e. The van der Waals surface area contributed by atoms with Gasteiger partial charge in [0.15, 0.2) is 0 Å². The SMILES string of the molecule is Cc1cc(C)c(C(C)C)c2c1CCC2. The lowest BCUT2D eigenvalue weighted by Crippen LogP contribution is -2.01. The predicted molar refractivity (Wildman–Crippen MR) is 62.0 cm³/mol. The first kappa shape index (κ1) is 9.76. The van der Waals surface area contributed by atoms with Crippen molar-refractivity contribution < 1.29 is 0 Å². The molecule has 1 aromatic carbocycles. The summed E-state index contributed by atoms with van der Waals surface area (Å²) in [5.74, 6) is 0.683. The summed E-state index contributed by atoms with van der Waals surface area (Å²) in [4.78, 5) is 0. The maximum Gasteiger partial charge on any atom is -0.0213 e. The first-order chi connectivity index (χ1) is 6.61. The van der Waals surface area contributed by atoms with Gasteiger partial charge in [-0.2, -0.15) is 0 Å². The van der Waals surface area contributed by atoms with Crippen LogP contribution in [0.15, 0.2) is 6.07 Å². The van der Waals surface area contributed by atoms with Crippen LogP contribution in [-0.4, -0.2) is 0 Å². The molecule has 2 rings (SSSR count). The van der Waals surface area contributed by atoms with Crippen LogP contribution in [0.2, 0.25) is 0 Å². The molecule has 0 atom stereocenters. The van der Waals surface area contributed by atoms with Gasteiger partial charge in [-0.15, -0.1) is 0 Å². The molecule has 0 aromatic heterocycles. The van der Waals surface area contributed by atoms with Gasteiger partial charge in [-0.3, -0.25) is 0 Å². The van der Waals surface area contributed by atoms with E-state index in [1.54, 1.807) is 16.7 Å². The van der Waals surface area contributed by atoms with Gasteiger partial charge in [-0.1, -0.05) is 19.9 Å². The second-order valence-corrected chi connectivity index (χ2v) is 4.89. The highest BCUT2D eigenvalue weighted by atomic mass is 14.2. The highest BCUT2D eigenvalue weighted by Crippen LogP contribution is 2.34. The van der Waals surface area contributed by atoms with Crippen LogP contribution in [0.3, 0.4) is 0 Å². The van der Waals surface area contributed by atoms with E-state index in [9.17, 15) is 0 Å². The summed E-state index contributed by atoms with van der Waals surface area (Å²) in [6.45, 7) is 9.16. The largest absolute Gasteiger partial charge is 0.0587 e. The number of rotatable bonds is 1. The molecule has 0 saturated heterocycles. The van der Waals surface area contributed by atoms with Crippen LogP contribution in [0, 0.1) is 13.8 Å². The molecule has 0 N–H and O–H groups in total. The standard InChI is InChI=1S/C14H20/c1-9(2)14-11(4)8-10(3)12-6-5-7-13(12)14/h8-9H,5-7H2,1-4H3. The average Bonchev–Trinajstić information content (AvgIpc) is 2.51. The normalized spacial score (nSPS) is 14.9. The van der Waals surface area contributed by atoms with Gasteiger partial charge in [0.25, 0.3) is 0 Å². The highest BCUT2D eigenvalue weighted by Gasteiger charge is 2.20. The molecule has 0 nitrogen and oxygen atoms in total. The quantitative estimate of drug-likeness (QED) is 0.626. The van der Waals surface area contributed by atoms with Gasteiger partial charge in [0.2, 0.25) is 0 Å². The van der Waals surface area contributed by atoms with E-state index in [1.165, 1.54) is 30.4 Å². The molecular formula is C14H20. The van der Waals surface area contributed by atoms with Crippen molar-refractivity contribution in [2.24, 2.45) is 0 Å². The molecule has 1 aliphatic rings. The third-order valence-corrected chi connectivity index (χ3v) is 3.45. The Morgan fingerprint density at radius 1 is 1.00 bits per heavy atom. The lowest BCUT2D eigenvalue weighted by Gasteiger charge is -2.17. The zero-order valence-electron chi connectivity index (χ0n) is 9.78. The predicted octanol–water partition coefficient (Wildman–Crippen LogP) is 3.92. The third kappa shape index (κ3) is 1.37. The van der Waals surface area contributed by atoms with Crippen LogP contribution < -0.4 is 0 Å². The maximum absolute atomic E-state index is 2.37. The van der Waals surface area contributed by atoms with Crippen molar-refractivity contribution >= 4 is 0 Å². The molecule has 0 radical (unpaired) electrons. The Bertz CT molecular complexity index is 359. The fourth-order valence-corrected chi connectivity index (χ4v) is 3.01.